The second-order valence-corrected chi connectivity index (χ2v) is 9.39. The molecule has 2 aromatic heterocycles. The molecule has 164 valence electrons. The van der Waals surface area contributed by atoms with Gasteiger partial charge < -0.3 is 14.4 Å². The van der Waals surface area contributed by atoms with E-state index in [4.69, 9.17) is 16.7 Å². The Bertz CT molecular complexity index is 1270. The molecular weight excluding hydrogens is 446 g/mol. The number of hydrogen-bond donors (Lipinski definition) is 2. The van der Waals surface area contributed by atoms with Crippen molar-refractivity contribution in [2.24, 2.45) is 5.14 Å². The van der Waals surface area contributed by atoms with Crippen molar-refractivity contribution < 1.29 is 18.4 Å². The number of fused-ring (bicyclic) bond motifs is 1. The number of pyridine rings is 1. The highest BCUT2D eigenvalue weighted by Gasteiger charge is 2.27. The van der Waals surface area contributed by atoms with Gasteiger partial charge >= 0.3 is 0 Å². The van der Waals surface area contributed by atoms with E-state index in [9.17, 15) is 23.6 Å². The van der Waals surface area contributed by atoms with Gasteiger partial charge in [0.2, 0.25) is 10.0 Å². The molecule has 1 aliphatic carbocycles. The topological polar surface area (TPSA) is 144 Å². The van der Waals surface area contributed by atoms with Gasteiger partial charge in [0.25, 0.3) is 5.69 Å². The Morgan fingerprint density at radius 3 is 2.68 bits per heavy atom. The molecule has 2 heterocycles. The third-order valence-corrected chi connectivity index (χ3v) is 6.41. The zero-order chi connectivity index (χ0) is 22.3. The molecule has 0 amide bonds. The molecule has 4 rings (SSSR count). The van der Waals surface area contributed by atoms with Crippen molar-refractivity contribution in [1.82, 2.24) is 9.38 Å². The average Bonchev–Trinajstić information content (AvgIpc) is 3.46. The Kier molecular flexibility index (Phi) is 5.60. The molecule has 0 unspecified atom stereocenters. The summed E-state index contributed by atoms with van der Waals surface area (Å²) >= 11 is 6.26. The first-order valence-corrected chi connectivity index (χ1v) is 11.4. The van der Waals surface area contributed by atoms with Gasteiger partial charge in [-0.15, -0.1) is 0 Å². The molecule has 0 aliphatic heterocycles. The molecule has 3 aromatic rings. The summed E-state index contributed by atoms with van der Waals surface area (Å²) in [7, 11) is -4.35. The standard InChI is InChI=1S/C19H20ClN5O5S/c20-15-7-18(31(21,29)30)17(25(27)28)8-16(15)23(5-6-26)10-14-11-24-9-13(12-1-2-12)3-4-19(24)22-14/h3-4,7-9,11-12,26H,1-2,5-6,10H2,(H2,21,29,30). The third-order valence-electron chi connectivity index (χ3n) is 5.17. The molecule has 1 aliphatic rings. The summed E-state index contributed by atoms with van der Waals surface area (Å²) in [6, 6.07) is 6.01. The maximum absolute atomic E-state index is 11.7. The van der Waals surface area contributed by atoms with E-state index in [-0.39, 0.29) is 30.4 Å². The zero-order valence-corrected chi connectivity index (χ0v) is 17.9. The SMILES string of the molecule is NS(=O)(=O)c1cc(Cl)c(N(CCO)Cc2cn3cc(C4CC4)ccc3n2)cc1[N+](=O)[O-]. The number of primary sulfonamides is 1. The molecule has 0 atom stereocenters. The first kappa shape index (κ1) is 21.5. The maximum Gasteiger partial charge on any atom is 0.291 e. The summed E-state index contributed by atoms with van der Waals surface area (Å²) < 4.78 is 25.4. The van der Waals surface area contributed by atoms with Crippen molar-refractivity contribution in [3.05, 3.63) is 63.1 Å². The monoisotopic (exact) mass is 465 g/mol. The molecule has 3 N–H and O–H groups in total. The van der Waals surface area contributed by atoms with Crippen LogP contribution in [0.3, 0.4) is 0 Å². The lowest BCUT2D eigenvalue weighted by Crippen LogP contribution is -2.27. The van der Waals surface area contributed by atoms with Gasteiger partial charge in [0, 0.05) is 25.0 Å². The number of sulfonamides is 1. The fourth-order valence-corrected chi connectivity index (χ4v) is 4.60. The lowest BCUT2D eigenvalue weighted by Gasteiger charge is -2.24. The number of anilines is 1. The highest BCUT2D eigenvalue weighted by molar-refractivity contribution is 7.89. The number of rotatable bonds is 8. The lowest BCUT2D eigenvalue weighted by molar-refractivity contribution is -0.387. The highest BCUT2D eigenvalue weighted by Crippen LogP contribution is 2.40. The first-order chi connectivity index (χ1) is 14.7. The number of aliphatic hydroxyl groups is 1. The number of hydrogen-bond acceptors (Lipinski definition) is 7. The molecule has 0 radical (unpaired) electrons. The van der Waals surface area contributed by atoms with E-state index >= 15 is 0 Å². The van der Waals surface area contributed by atoms with Gasteiger partial charge in [-0.25, -0.2) is 18.5 Å². The second kappa shape index (κ2) is 8.08. The fourth-order valence-electron chi connectivity index (χ4n) is 3.54. The largest absolute Gasteiger partial charge is 0.395 e. The number of benzene rings is 1. The number of halogens is 1. The summed E-state index contributed by atoms with van der Waals surface area (Å²) in [6.07, 6.45) is 6.26. The lowest BCUT2D eigenvalue weighted by atomic mass is 10.2. The van der Waals surface area contributed by atoms with Crippen LogP contribution in [-0.4, -0.2) is 41.0 Å². The minimum atomic E-state index is -4.35. The Labute approximate surface area is 183 Å². The summed E-state index contributed by atoms with van der Waals surface area (Å²) in [5.74, 6) is 0.595. The molecule has 1 fully saturated rings. The Balaban J connectivity index is 1.71. The van der Waals surface area contributed by atoms with E-state index in [1.165, 1.54) is 18.4 Å². The fraction of sp³-hybridized carbons (Fsp3) is 0.316. The van der Waals surface area contributed by atoms with Gasteiger partial charge in [0.1, 0.15) is 5.65 Å². The van der Waals surface area contributed by atoms with E-state index in [2.05, 4.69) is 11.1 Å². The smallest absolute Gasteiger partial charge is 0.291 e. The predicted octanol–water partition coefficient (Wildman–Crippen LogP) is 2.42. The molecule has 0 spiro atoms. The Hall–Kier alpha value is -2.73. The van der Waals surface area contributed by atoms with Crippen LogP contribution in [-0.2, 0) is 16.6 Å². The summed E-state index contributed by atoms with van der Waals surface area (Å²) in [4.78, 5) is 16.1. The minimum absolute atomic E-state index is 0.0390. The Morgan fingerprint density at radius 1 is 1.32 bits per heavy atom. The number of nitrogens with two attached hydrogens (primary N) is 1. The van der Waals surface area contributed by atoms with Crippen molar-refractivity contribution in [2.75, 3.05) is 18.1 Å². The normalized spacial score (nSPS) is 14.2. The van der Waals surface area contributed by atoms with Gasteiger partial charge in [-0.1, -0.05) is 17.7 Å². The van der Waals surface area contributed by atoms with Crippen LogP contribution in [0.15, 0.2) is 41.6 Å². The van der Waals surface area contributed by atoms with Gasteiger partial charge in [0.05, 0.1) is 34.5 Å². The van der Waals surface area contributed by atoms with Gasteiger partial charge in [-0.3, -0.25) is 10.1 Å². The molecule has 31 heavy (non-hydrogen) atoms. The van der Waals surface area contributed by atoms with Crippen LogP contribution in [0.2, 0.25) is 5.02 Å². The van der Waals surface area contributed by atoms with Gasteiger partial charge in [-0.2, -0.15) is 0 Å². The number of aliphatic hydroxyl groups excluding tert-OH is 1. The average molecular weight is 466 g/mol. The summed E-state index contributed by atoms with van der Waals surface area (Å²) in [6.45, 7) is 0.0552. The molecular formula is C19H20ClN5O5S. The van der Waals surface area contributed by atoms with Crippen molar-refractivity contribution in [2.45, 2.75) is 30.2 Å². The van der Waals surface area contributed by atoms with Gasteiger partial charge in [-0.05, 0) is 36.5 Å². The van der Waals surface area contributed by atoms with Crippen molar-refractivity contribution in [3.63, 3.8) is 0 Å². The zero-order valence-electron chi connectivity index (χ0n) is 16.3. The van der Waals surface area contributed by atoms with Crippen LogP contribution in [0, 0.1) is 10.1 Å². The predicted molar refractivity (Wildman–Crippen MR) is 115 cm³/mol. The van der Waals surface area contributed by atoms with E-state index in [0.29, 0.717) is 11.6 Å². The molecule has 0 saturated heterocycles. The van der Waals surface area contributed by atoms with Crippen LogP contribution in [0.1, 0.15) is 30.0 Å². The number of nitro benzene ring substituents is 1. The Morgan fingerprint density at radius 2 is 2.06 bits per heavy atom. The molecule has 12 heteroatoms. The van der Waals surface area contributed by atoms with E-state index in [0.717, 1.165) is 17.8 Å². The van der Waals surface area contributed by atoms with E-state index in [1.54, 1.807) is 4.90 Å². The van der Waals surface area contributed by atoms with Crippen molar-refractivity contribution in [1.29, 1.82) is 0 Å². The van der Waals surface area contributed by atoms with Crippen LogP contribution < -0.4 is 10.0 Å². The van der Waals surface area contributed by atoms with Crippen LogP contribution >= 0.6 is 11.6 Å². The molecule has 0 bridgehead atoms. The third kappa shape index (κ3) is 4.49. The van der Waals surface area contributed by atoms with Crippen LogP contribution in [0.5, 0.6) is 0 Å². The first-order valence-electron chi connectivity index (χ1n) is 9.51. The van der Waals surface area contributed by atoms with Gasteiger partial charge in [0.15, 0.2) is 4.90 Å². The number of nitro groups is 1. The summed E-state index contributed by atoms with van der Waals surface area (Å²) in [5, 5.41) is 26.0. The van der Waals surface area contributed by atoms with Crippen LogP contribution in [0.25, 0.3) is 5.65 Å². The second-order valence-electron chi connectivity index (χ2n) is 7.45. The van der Waals surface area contributed by atoms with E-state index in [1.807, 2.05) is 22.9 Å². The number of nitrogens with zero attached hydrogens (tertiary/aromatic N) is 4. The molecule has 10 nitrogen and oxygen atoms in total. The van der Waals surface area contributed by atoms with E-state index < -0.39 is 25.5 Å². The number of aromatic nitrogens is 2. The van der Waals surface area contributed by atoms with Crippen molar-refractivity contribution >= 4 is 38.6 Å². The highest BCUT2D eigenvalue weighted by atomic mass is 35.5. The molecule has 1 saturated carbocycles. The van der Waals surface area contributed by atoms with Crippen LogP contribution in [0.4, 0.5) is 11.4 Å². The quantitative estimate of drug-likeness (QED) is 0.384. The maximum atomic E-state index is 11.7. The van der Waals surface area contributed by atoms with Crippen molar-refractivity contribution in [3.8, 4) is 0 Å². The minimum Gasteiger partial charge on any atom is -0.395 e. The summed E-state index contributed by atoms with van der Waals surface area (Å²) in [5.41, 5.74) is 2.18. The number of imidazole rings is 1. The molecule has 1 aromatic carbocycles.